The second-order valence-corrected chi connectivity index (χ2v) is 5.10. The van der Waals surface area contributed by atoms with E-state index in [1.165, 1.54) is 35.7 Å². The van der Waals surface area contributed by atoms with Gasteiger partial charge in [-0.2, -0.15) is 0 Å². The van der Waals surface area contributed by atoms with Crippen molar-refractivity contribution in [2.75, 3.05) is 5.32 Å². The highest BCUT2D eigenvalue weighted by molar-refractivity contribution is 5.85. The van der Waals surface area contributed by atoms with E-state index in [1.807, 2.05) is 0 Å². The van der Waals surface area contributed by atoms with E-state index in [0.29, 0.717) is 5.54 Å². The topological polar surface area (TPSA) is 12.0 Å². The highest BCUT2D eigenvalue weighted by Gasteiger charge is 2.31. The minimum atomic E-state index is 0.336. The molecule has 1 fully saturated rings. The van der Waals surface area contributed by atoms with Crippen molar-refractivity contribution in [2.45, 2.75) is 31.7 Å². The van der Waals surface area contributed by atoms with Crippen LogP contribution in [0.15, 0.2) is 42.5 Å². The molecule has 1 nitrogen and oxygen atoms in total. The largest absolute Gasteiger partial charge is 0.380 e. The summed E-state index contributed by atoms with van der Waals surface area (Å²) in [5.74, 6) is 0. The van der Waals surface area contributed by atoms with Gasteiger partial charge < -0.3 is 5.32 Å². The van der Waals surface area contributed by atoms with Gasteiger partial charge in [0.25, 0.3) is 0 Å². The lowest BCUT2D eigenvalue weighted by atomic mass is 9.78. The molecule has 82 valence electrons. The Morgan fingerprint density at radius 1 is 1.00 bits per heavy atom. The van der Waals surface area contributed by atoms with Crippen LogP contribution in [-0.2, 0) is 0 Å². The van der Waals surface area contributed by atoms with Gasteiger partial charge in [0.05, 0.1) is 0 Å². The van der Waals surface area contributed by atoms with Gasteiger partial charge in [0.15, 0.2) is 0 Å². The lowest BCUT2D eigenvalue weighted by Gasteiger charge is -2.40. The van der Waals surface area contributed by atoms with Crippen LogP contribution in [0, 0.1) is 0 Å². The van der Waals surface area contributed by atoms with Crippen LogP contribution in [0.4, 0.5) is 5.69 Å². The summed E-state index contributed by atoms with van der Waals surface area (Å²) >= 11 is 0. The smallest absolute Gasteiger partial charge is 0.0350 e. The zero-order valence-corrected chi connectivity index (χ0v) is 9.66. The number of hydrogen-bond acceptors (Lipinski definition) is 1. The lowest BCUT2D eigenvalue weighted by Crippen LogP contribution is -2.41. The van der Waals surface area contributed by atoms with Gasteiger partial charge in [0.1, 0.15) is 0 Å². The molecule has 0 radical (unpaired) electrons. The van der Waals surface area contributed by atoms with Crippen LogP contribution in [0.1, 0.15) is 26.2 Å². The molecule has 0 saturated heterocycles. The Labute approximate surface area is 96.5 Å². The maximum absolute atomic E-state index is 3.65. The van der Waals surface area contributed by atoms with Crippen LogP contribution in [0.2, 0.25) is 0 Å². The number of hydrogen-bond donors (Lipinski definition) is 1. The van der Waals surface area contributed by atoms with Crippen molar-refractivity contribution in [3.05, 3.63) is 42.5 Å². The third-order valence-corrected chi connectivity index (χ3v) is 3.65. The quantitative estimate of drug-likeness (QED) is 0.785. The predicted octanol–water partition coefficient (Wildman–Crippen LogP) is 4.19. The van der Waals surface area contributed by atoms with E-state index < -0.39 is 0 Å². The second kappa shape index (κ2) is 3.51. The maximum Gasteiger partial charge on any atom is 0.0350 e. The van der Waals surface area contributed by atoms with Gasteiger partial charge in [-0.25, -0.2) is 0 Å². The van der Waals surface area contributed by atoms with Crippen molar-refractivity contribution in [3.8, 4) is 0 Å². The van der Waals surface area contributed by atoms with Gasteiger partial charge in [0, 0.05) is 11.2 Å². The maximum atomic E-state index is 3.65. The molecule has 0 amide bonds. The number of anilines is 1. The molecule has 0 aromatic heterocycles. The normalized spacial score (nSPS) is 18.1. The molecule has 0 atom stereocenters. The van der Waals surface area contributed by atoms with E-state index in [2.05, 4.69) is 54.7 Å². The van der Waals surface area contributed by atoms with Crippen molar-refractivity contribution in [1.29, 1.82) is 0 Å². The summed E-state index contributed by atoms with van der Waals surface area (Å²) in [5, 5.41) is 6.27. The van der Waals surface area contributed by atoms with Gasteiger partial charge in [-0.15, -0.1) is 0 Å². The van der Waals surface area contributed by atoms with Gasteiger partial charge in [-0.1, -0.05) is 30.3 Å². The average Bonchev–Trinajstić information content (AvgIpc) is 2.27. The molecule has 1 saturated carbocycles. The van der Waals surface area contributed by atoms with Crippen molar-refractivity contribution in [2.24, 2.45) is 0 Å². The zero-order valence-electron chi connectivity index (χ0n) is 9.66. The molecule has 1 aliphatic carbocycles. The van der Waals surface area contributed by atoms with E-state index in [0.717, 1.165) is 0 Å². The molecular weight excluding hydrogens is 194 g/mol. The van der Waals surface area contributed by atoms with E-state index >= 15 is 0 Å². The molecule has 1 aliphatic rings. The summed E-state index contributed by atoms with van der Waals surface area (Å²) in [4.78, 5) is 0. The minimum absolute atomic E-state index is 0.336. The highest BCUT2D eigenvalue weighted by atomic mass is 15.0. The Kier molecular flexibility index (Phi) is 2.13. The second-order valence-electron chi connectivity index (χ2n) is 5.10. The number of benzene rings is 2. The molecule has 0 unspecified atom stereocenters. The SMILES string of the molecule is CC1(Nc2ccc3ccccc3c2)CCC1. The van der Waals surface area contributed by atoms with E-state index in [-0.39, 0.29) is 0 Å². The Morgan fingerprint density at radius 2 is 1.75 bits per heavy atom. The lowest BCUT2D eigenvalue weighted by molar-refractivity contribution is 0.306. The molecule has 1 heteroatoms. The number of fused-ring (bicyclic) bond motifs is 1. The van der Waals surface area contributed by atoms with Crippen LogP contribution >= 0.6 is 0 Å². The molecule has 0 bridgehead atoms. The van der Waals surface area contributed by atoms with Crippen LogP contribution < -0.4 is 5.32 Å². The van der Waals surface area contributed by atoms with Gasteiger partial charge >= 0.3 is 0 Å². The van der Waals surface area contributed by atoms with Crippen LogP contribution in [0.25, 0.3) is 10.8 Å². The van der Waals surface area contributed by atoms with Crippen LogP contribution in [0.3, 0.4) is 0 Å². The predicted molar refractivity (Wildman–Crippen MR) is 69.8 cm³/mol. The Balaban J connectivity index is 1.93. The fourth-order valence-corrected chi connectivity index (χ4v) is 2.45. The fourth-order valence-electron chi connectivity index (χ4n) is 2.45. The summed E-state index contributed by atoms with van der Waals surface area (Å²) in [6.45, 7) is 2.31. The molecule has 2 aromatic carbocycles. The number of nitrogens with one attached hydrogen (secondary N) is 1. The third-order valence-electron chi connectivity index (χ3n) is 3.65. The first-order valence-electron chi connectivity index (χ1n) is 6.02. The third kappa shape index (κ3) is 1.67. The zero-order chi connectivity index (χ0) is 11.0. The van der Waals surface area contributed by atoms with Crippen LogP contribution in [-0.4, -0.2) is 5.54 Å². The molecule has 0 heterocycles. The van der Waals surface area contributed by atoms with Gasteiger partial charge in [-0.3, -0.25) is 0 Å². The molecule has 0 aliphatic heterocycles. The molecule has 1 N–H and O–H groups in total. The first-order valence-corrected chi connectivity index (χ1v) is 6.02. The molecule has 3 rings (SSSR count). The minimum Gasteiger partial charge on any atom is -0.380 e. The van der Waals surface area contributed by atoms with E-state index in [9.17, 15) is 0 Å². The molecule has 16 heavy (non-hydrogen) atoms. The average molecular weight is 211 g/mol. The van der Waals surface area contributed by atoms with Crippen molar-refractivity contribution < 1.29 is 0 Å². The summed E-state index contributed by atoms with van der Waals surface area (Å²) < 4.78 is 0. The van der Waals surface area contributed by atoms with Crippen molar-refractivity contribution in [3.63, 3.8) is 0 Å². The number of rotatable bonds is 2. The Hall–Kier alpha value is -1.50. The summed E-state index contributed by atoms with van der Waals surface area (Å²) in [6.07, 6.45) is 3.94. The Bertz CT molecular complexity index is 512. The summed E-state index contributed by atoms with van der Waals surface area (Å²) in [6, 6.07) is 15.1. The first kappa shape index (κ1) is 9.71. The summed E-state index contributed by atoms with van der Waals surface area (Å²) in [7, 11) is 0. The molecule has 0 spiro atoms. The summed E-state index contributed by atoms with van der Waals surface area (Å²) in [5.41, 5.74) is 1.59. The van der Waals surface area contributed by atoms with E-state index in [4.69, 9.17) is 0 Å². The molecule has 2 aromatic rings. The molecular formula is C15H17N. The first-order chi connectivity index (χ1) is 7.75. The standard InChI is InChI=1S/C15H17N/c1-15(9-4-10-15)16-14-8-7-12-5-2-3-6-13(12)11-14/h2-3,5-8,11,16H,4,9-10H2,1H3. The van der Waals surface area contributed by atoms with Gasteiger partial charge in [-0.05, 0) is 49.1 Å². The van der Waals surface area contributed by atoms with Crippen LogP contribution in [0.5, 0.6) is 0 Å². The highest BCUT2D eigenvalue weighted by Crippen LogP contribution is 2.35. The van der Waals surface area contributed by atoms with Crippen molar-refractivity contribution in [1.82, 2.24) is 0 Å². The van der Waals surface area contributed by atoms with E-state index in [1.54, 1.807) is 0 Å². The Morgan fingerprint density at radius 3 is 2.44 bits per heavy atom. The van der Waals surface area contributed by atoms with Gasteiger partial charge in [0.2, 0.25) is 0 Å². The monoisotopic (exact) mass is 211 g/mol. The fraction of sp³-hybridized carbons (Fsp3) is 0.333. The van der Waals surface area contributed by atoms with Crippen molar-refractivity contribution >= 4 is 16.5 Å².